The summed E-state index contributed by atoms with van der Waals surface area (Å²) in [4.78, 5) is 20.6. The standard InChI is InChI=1S/C19H25BrClN3O/c1-3-8-15(23-11-6-5-7-12-23)18-22-14-10-9-13(20)17(21)16(14)19(25)24(18)4-2/h9-10,15H,3-8,11-12H2,1-2H3. The lowest BCUT2D eigenvalue weighted by Gasteiger charge is -2.35. The molecule has 6 heteroatoms. The van der Waals surface area contributed by atoms with Crippen LogP contribution in [0.25, 0.3) is 10.9 Å². The van der Waals surface area contributed by atoms with Crippen LogP contribution >= 0.6 is 27.5 Å². The van der Waals surface area contributed by atoms with Gasteiger partial charge in [-0.15, -0.1) is 0 Å². The lowest BCUT2D eigenvalue weighted by Crippen LogP contribution is -2.38. The second-order valence-electron chi connectivity index (χ2n) is 6.68. The molecule has 1 aliphatic rings. The van der Waals surface area contributed by atoms with Crippen LogP contribution in [0.4, 0.5) is 0 Å². The van der Waals surface area contributed by atoms with Crippen molar-refractivity contribution < 1.29 is 0 Å². The Morgan fingerprint density at radius 2 is 1.96 bits per heavy atom. The minimum absolute atomic E-state index is 0.0353. The molecule has 1 atom stereocenters. The van der Waals surface area contributed by atoms with Gasteiger partial charge in [0, 0.05) is 11.0 Å². The Balaban J connectivity index is 2.19. The smallest absolute Gasteiger partial charge is 0.262 e. The quantitative estimate of drug-likeness (QED) is 0.663. The number of hydrogen-bond acceptors (Lipinski definition) is 3. The predicted octanol–water partition coefficient (Wildman–Crippen LogP) is 5.16. The van der Waals surface area contributed by atoms with Gasteiger partial charge in [-0.3, -0.25) is 14.3 Å². The fourth-order valence-electron chi connectivity index (χ4n) is 3.80. The molecule has 2 heterocycles. The third kappa shape index (κ3) is 3.64. The third-order valence-corrected chi connectivity index (χ3v) is 6.33. The van der Waals surface area contributed by atoms with Gasteiger partial charge in [0.05, 0.1) is 22.0 Å². The number of likely N-dealkylation sites (tertiary alicyclic amines) is 1. The average Bonchev–Trinajstić information content (AvgIpc) is 2.63. The topological polar surface area (TPSA) is 38.1 Å². The first-order valence-electron chi connectivity index (χ1n) is 9.21. The van der Waals surface area contributed by atoms with Crippen LogP contribution in [0, 0.1) is 0 Å². The second kappa shape index (κ2) is 8.19. The van der Waals surface area contributed by atoms with Crippen LogP contribution in [0.1, 0.15) is 57.8 Å². The fraction of sp³-hybridized carbons (Fsp3) is 0.579. The first kappa shape index (κ1) is 18.9. The zero-order valence-electron chi connectivity index (χ0n) is 14.9. The molecule has 0 radical (unpaired) electrons. The summed E-state index contributed by atoms with van der Waals surface area (Å²) in [7, 11) is 0. The maximum Gasteiger partial charge on any atom is 0.262 e. The summed E-state index contributed by atoms with van der Waals surface area (Å²) >= 11 is 9.81. The zero-order valence-corrected chi connectivity index (χ0v) is 17.2. The van der Waals surface area contributed by atoms with Crippen LogP contribution in [0.2, 0.25) is 5.02 Å². The van der Waals surface area contributed by atoms with Gasteiger partial charge in [-0.2, -0.15) is 0 Å². The van der Waals surface area contributed by atoms with Crippen molar-refractivity contribution in [1.82, 2.24) is 14.5 Å². The van der Waals surface area contributed by atoms with E-state index in [1.165, 1.54) is 19.3 Å². The molecule has 0 bridgehead atoms. The van der Waals surface area contributed by atoms with E-state index in [0.29, 0.717) is 22.5 Å². The van der Waals surface area contributed by atoms with Crippen molar-refractivity contribution in [2.24, 2.45) is 0 Å². The second-order valence-corrected chi connectivity index (χ2v) is 7.91. The van der Waals surface area contributed by atoms with Crippen molar-refractivity contribution in [3.8, 4) is 0 Å². The number of halogens is 2. The molecule has 0 aliphatic carbocycles. The largest absolute Gasteiger partial charge is 0.295 e. The van der Waals surface area contributed by atoms with Crippen molar-refractivity contribution in [2.75, 3.05) is 13.1 Å². The van der Waals surface area contributed by atoms with E-state index in [9.17, 15) is 4.79 Å². The number of nitrogens with zero attached hydrogens (tertiary/aromatic N) is 3. The normalized spacial score (nSPS) is 17.1. The Hall–Kier alpha value is -0.910. The van der Waals surface area contributed by atoms with E-state index in [1.54, 1.807) is 0 Å². The van der Waals surface area contributed by atoms with E-state index in [-0.39, 0.29) is 11.6 Å². The molecule has 0 spiro atoms. The van der Waals surface area contributed by atoms with Crippen molar-refractivity contribution in [2.45, 2.75) is 58.5 Å². The maximum atomic E-state index is 13.1. The number of benzene rings is 1. The highest BCUT2D eigenvalue weighted by Gasteiger charge is 2.26. The number of hydrogen-bond donors (Lipinski definition) is 0. The molecule has 0 saturated carbocycles. The summed E-state index contributed by atoms with van der Waals surface area (Å²) in [6, 6.07) is 3.95. The number of aromatic nitrogens is 2. The molecule has 25 heavy (non-hydrogen) atoms. The van der Waals surface area contributed by atoms with Gasteiger partial charge in [-0.1, -0.05) is 31.4 Å². The van der Waals surface area contributed by atoms with Gasteiger partial charge in [0.2, 0.25) is 0 Å². The monoisotopic (exact) mass is 425 g/mol. The van der Waals surface area contributed by atoms with Crippen molar-refractivity contribution in [1.29, 1.82) is 0 Å². The Morgan fingerprint density at radius 3 is 2.60 bits per heavy atom. The van der Waals surface area contributed by atoms with Crippen LogP contribution in [0.5, 0.6) is 0 Å². The highest BCUT2D eigenvalue weighted by Crippen LogP contribution is 2.31. The maximum absolute atomic E-state index is 13.1. The van der Waals surface area contributed by atoms with Gasteiger partial charge in [-0.25, -0.2) is 4.98 Å². The molecule has 1 aromatic heterocycles. The summed E-state index contributed by atoms with van der Waals surface area (Å²) in [5, 5.41) is 0.962. The molecule has 2 aromatic rings. The summed E-state index contributed by atoms with van der Waals surface area (Å²) in [5.41, 5.74) is 0.655. The van der Waals surface area contributed by atoms with Crippen LogP contribution in [0.15, 0.2) is 21.4 Å². The molecular formula is C19H25BrClN3O. The van der Waals surface area contributed by atoms with Crippen LogP contribution in [-0.2, 0) is 6.54 Å². The lowest BCUT2D eigenvalue weighted by atomic mass is 10.0. The molecular weight excluding hydrogens is 402 g/mol. The van der Waals surface area contributed by atoms with Gasteiger partial charge >= 0.3 is 0 Å². The van der Waals surface area contributed by atoms with E-state index < -0.39 is 0 Å². The Morgan fingerprint density at radius 1 is 1.24 bits per heavy atom. The van der Waals surface area contributed by atoms with Gasteiger partial charge < -0.3 is 0 Å². The Labute approximate surface area is 162 Å². The van der Waals surface area contributed by atoms with Gasteiger partial charge in [0.15, 0.2) is 0 Å². The molecule has 1 aliphatic heterocycles. The van der Waals surface area contributed by atoms with E-state index in [1.807, 2.05) is 23.6 Å². The van der Waals surface area contributed by atoms with Crippen LogP contribution < -0.4 is 5.56 Å². The molecule has 1 saturated heterocycles. The van der Waals surface area contributed by atoms with Crippen LogP contribution in [0.3, 0.4) is 0 Å². The molecule has 1 fully saturated rings. The van der Waals surface area contributed by atoms with Gasteiger partial charge in [-0.05, 0) is 67.3 Å². The molecule has 3 rings (SSSR count). The molecule has 0 N–H and O–H groups in total. The molecule has 0 amide bonds. The molecule has 136 valence electrons. The summed E-state index contributed by atoms with van der Waals surface area (Å²) in [5.74, 6) is 0.891. The van der Waals surface area contributed by atoms with Crippen molar-refractivity contribution in [3.63, 3.8) is 0 Å². The highest BCUT2D eigenvalue weighted by atomic mass is 79.9. The average molecular weight is 427 g/mol. The summed E-state index contributed by atoms with van der Waals surface area (Å²) in [6.45, 7) is 6.98. The summed E-state index contributed by atoms with van der Waals surface area (Å²) in [6.07, 6.45) is 5.83. The minimum Gasteiger partial charge on any atom is -0.295 e. The van der Waals surface area contributed by atoms with E-state index in [2.05, 4.69) is 27.8 Å². The van der Waals surface area contributed by atoms with E-state index in [0.717, 1.165) is 36.2 Å². The minimum atomic E-state index is -0.0353. The van der Waals surface area contributed by atoms with Crippen molar-refractivity contribution >= 4 is 38.4 Å². The molecule has 1 aromatic carbocycles. The van der Waals surface area contributed by atoms with E-state index in [4.69, 9.17) is 16.6 Å². The number of rotatable bonds is 5. The zero-order chi connectivity index (χ0) is 18.0. The van der Waals surface area contributed by atoms with Gasteiger partial charge in [0.1, 0.15) is 5.82 Å². The lowest BCUT2D eigenvalue weighted by molar-refractivity contribution is 0.144. The first-order chi connectivity index (χ1) is 12.1. The predicted molar refractivity (Wildman–Crippen MR) is 107 cm³/mol. The third-order valence-electron chi connectivity index (χ3n) is 5.05. The highest BCUT2D eigenvalue weighted by molar-refractivity contribution is 9.10. The number of fused-ring (bicyclic) bond motifs is 1. The summed E-state index contributed by atoms with van der Waals surface area (Å²) < 4.78 is 2.55. The van der Waals surface area contributed by atoms with Crippen LogP contribution in [-0.4, -0.2) is 27.5 Å². The molecule has 1 unspecified atom stereocenters. The number of piperidine rings is 1. The fourth-order valence-corrected chi connectivity index (χ4v) is 4.37. The van der Waals surface area contributed by atoms with Crippen molar-refractivity contribution in [3.05, 3.63) is 37.8 Å². The Bertz CT molecular complexity index is 814. The SMILES string of the molecule is CCCC(c1nc2ccc(Br)c(Cl)c2c(=O)n1CC)N1CCCCC1. The first-order valence-corrected chi connectivity index (χ1v) is 10.4. The Kier molecular flexibility index (Phi) is 6.18. The molecule has 4 nitrogen and oxygen atoms in total. The van der Waals surface area contributed by atoms with E-state index >= 15 is 0 Å². The van der Waals surface area contributed by atoms with Gasteiger partial charge in [0.25, 0.3) is 5.56 Å².